The largest absolute Gasteiger partial charge is 0.307 e. The van der Waals surface area contributed by atoms with E-state index in [0.29, 0.717) is 5.95 Å². The highest BCUT2D eigenvalue weighted by Crippen LogP contribution is 2.45. The Bertz CT molecular complexity index is 3410. The zero-order valence-electron chi connectivity index (χ0n) is 28.0. The summed E-state index contributed by atoms with van der Waals surface area (Å²) in [6.07, 6.45) is 0. The molecule has 0 bridgehead atoms. The molecule has 0 atom stereocenters. The Morgan fingerprint density at radius 2 is 1.00 bits per heavy atom. The van der Waals surface area contributed by atoms with Gasteiger partial charge in [-0.25, -0.2) is 9.97 Å². The lowest BCUT2D eigenvalue weighted by Gasteiger charge is -2.13. The first-order chi connectivity index (χ1) is 25.8. The molecule has 0 aliphatic heterocycles. The van der Waals surface area contributed by atoms with Crippen molar-refractivity contribution in [2.45, 2.75) is 0 Å². The SMILES string of the molecule is c1ccc(-c2cccc(-c3nc(-n4c5ccccc5c5c6c(ccc7c8cccc9c%10ccccc%10n(c98)c76)ccc54)nc4ccccc34)c2)cc1. The minimum absolute atomic E-state index is 0.661. The Labute approximate surface area is 297 Å². The van der Waals surface area contributed by atoms with Crippen LogP contribution in [0.4, 0.5) is 0 Å². The van der Waals surface area contributed by atoms with Gasteiger partial charge in [0.2, 0.25) is 5.95 Å². The van der Waals surface area contributed by atoms with E-state index >= 15 is 0 Å². The quantitative estimate of drug-likeness (QED) is 0.189. The normalized spacial score (nSPS) is 12.2. The predicted molar refractivity (Wildman–Crippen MR) is 217 cm³/mol. The zero-order chi connectivity index (χ0) is 33.9. The maximum absolute atomic E-state index is 5.44. The van der Waals surface area contributed by atoms with Crippen LogP contribution >= 0.6 is 0 Å². The van der Waals surface area contributed by atoms with Crippen molar-refractivity contribution in [1.82, 2.24) is 18.9 Å². The number of nitrogens with zero attached hydrogens (tertiary/aromatic N) is 4. The predicted octanol–water partition coefficient (Wildman–Crippen LogP) is 12.4. The van der Waals surface area contributed by atoms with Gasteiger partial charge in [-0.3, -0.25) is 4.57 Å². The summed E-state index contributed by atoms with van der Waals surface area (Å²) in [7, 11) is 0. The molecule has 0 radical (unpaired) electrons. The molecule has 0 saturated carbocycles. The first kappa shape index (κ1) is 27.7. The lowest BCUT2D eigenvalue weighted by molar-refractivity contribution is 1.01. The van der Waals surface area contributed by atoms with E-state index in [9.17, 15) is 0 Å². The van der Waals surface area contributed by atoms with Gasteiger partial charge in [0.25, 0.3) is 0 Å². The lowest BCUT2D eigenvalue weighted by Crippen LogP contribution is -2.03. The fourth-order valence-electron chi connectivity index (χ4n) is 8.85. The van der Waals surface area contributed by atoms with Crippen LogP contribution < -0.4 is 0 Å². The Morgan fingerprint density at radius 3 is 1.88 bits per heavy atom. The molecule has 12 rings (SSSR count). The van der Waals surface area contributed by atoms with E-state index in [1.165, 1.54) is 65.2 Å². The van der Waals surface area contributed by atoms with Crippen LogP contribution in [0.5, 0.6) is 0 Å². The van der Waals surface area contributed by atoms with Crippen molar-refractivity contribution in [2.24, 2.45) is 0 Å². The monoisotopic (exact) mass is 660 g/mol. The van der Waals surface area contributed by atoms with Crippen LogP contribution in [0.15, 0.2) is 170 Å². The summed E-state index contributed by atoms with van der Waals surface area (Å²) in [6, 6.07) is 61.0. The number of benzene rings is 8. The minimum Gasteiger partial charge on any atom is -0.307 e. The molecular formula is C48H28N4. The van der Waals surface area contributed by atoms with E-state index in [1.807, 2.05) is 0 Å². The molecule has 4 nitrogen and oxygen atoms in total. The van der Waals surface area contributed by atoms with Crippen molar-refractivity contribution in [2.75, 3.05) is 0 Å². The van der Waals surface area contributed by atoms with Gasteiger partial charge in [-0.05, 0) is 46.8 Å². The molecule has 0 unspecified atom stereocenters. The summed E-state index contributed by atoms with van der Waals surface area (Å²) in [5.41, 5.74) is 11.2. The summed E-state index contributed by atoms with van der Waals surface area (Å²) in [5, 5.41) is 11.0. The van der Waals surface area contributed by atoms with Gasteiger partial charge in [-0.15, -0.1) is 0 Å². The van der Waals surface area contributed by atoms with Crippen LogP contribution in [0.25, 0.3) is 110 Å². The van der Waals surface area contributed by atoms with Crippen molar-refractivity contribution >= 4 is 81.6 Å². The van der Waals surface area contributed by atoms with Crippen molar-refractivity contribution in [1.29, 1.82) is 0 Å². The number of hydrogen-bond acceptors (Lipinski definition) is 2. The van der Waals surface area contributed by atoms with Gasteiger partial charge in [0.05, 0.1) is 38.8 Å². The zero-order valence-corrected chi connectivity index (χ0v) is 28.0. The summed E-state index contributed by atoms with van der Waals surface area (Å²) in [5.74, 6) is 0.661. The molecule has 12 aromatic rings. The van der Waals surface area contributed by atoms with Crippen molar-refractivity contribution in [3.8, 4) is 28.3 Å². The number of fused-ring (bicyclic) bond motifs is 13. The first-order valence-corrected chi connectivity index (χ1v) is 17.8. The topological polar surface area (TPSA) is 35.1 Å². The van der Waals surface area contributed by atoms with Gasteiger partial charge in [0, 0.05) is 48.7 Å². The Hall–Kier alpha value is -7.04. The van der Waals surface area contributed by atoms with Gasteiger partial charge in [0.1, 0.15) is 0 Å². The maximum Gasteiger partial charge on any atom is 0.235 e. The van der Waals surface area contributed by atoms with E-state index in [0.717, 1.165) is 38.8 Å². The molecule has 4 heterocycles. The molecule has 0 N–H and O–H groups in total. The van der Waals surface area contributed by atoms with Crippen LogP contribution in [0, 0.1) is 0 Å². The highest BCUT2D eigenvalue weighted by atomic mass is 15.2. The Morgan fingerprint density at radius 1 is 0.365 bits per heavy atom. The summed E-state index contributed by atoms with van der Waals surface area (Å²) >= 11 is 0. The smallest absolute Gasteiger partial charge is 0.235 e. The van der Waals surface area contributed by atoms with Gasteiger partial charge in [0.15, 0.2) is 0 Å². The Balaban J connectivity index is 1.21. The van der Waals surface area contributed by atoms with Crippen LogP contribution in [-0.2, 0) is 0 Å². The van der Waals surface area contributed by atoms with E-state index in [4.69, 9.17) is 9.97 Å². The van der Waals surface area contributed by atoms with Crippen LogP contribution in [0.1, 0.15) is 0 Å². The molecule has 52 heavy (non-hydrogen) atoms. The number of hydrogen-bond donors (Lipinski definition) is 0. The molecule has 0 aliphatic carbocycles. The average Bonchev–Trinajstić information content (AvgIpc) is 3.86. The summed E-state index contributed by atoms with van der Waals surface area (Å²) < 4.78 is 4.78. The molecule has 240 valence electrons. The minimum atomic E-state index is 0.661. The van der Waals surface area contributed by atoms with Crippen LogP contribution in [0.2, 0.25) is 0 Å². The number of rotatable bonds is 3. The third kappa shape index (κ3) is 3.65. The summed E-state index contributed by atoms with van der Waals surface area (Å²) in [6.45, 7) is 0. The Kier molecular flexibility index (Phi) is 5.47. The fourth-order valence-corrected chi connectivity index (χ4v) is 8.85. The highest BCUT2D eigenvalue weighted by molar-refractivity contribution is 6.33. The molecule has 0 saturated heterocycles. The molecule has 0 spiro atoms. The maximum atomic E-state index is 5.44. The van der Waals surface area contributed by atoms with Gasteiger partial charge < -0.3 is 4.40 Å². The van der Waals surface area contributed by atoms with Gasteiger partial charge in [-0.1, -0.05) is 140 Å². The molecular weight excluding hydrogens is 633 g/mol. The van der Waals surface area contributed by atoms with Crippen molar-refractivity contribution < 1.29 is 0 Å². The van der Waals surface area contributed by atoms with E-state index in [-0.39, 0.29) is 0 Å². The summed E-state index contributed by atoms with van der Waals surface area (Å²) in [4.78, 5) is 10.7. The second-order valence-corrected chi connectivity index (χ2v) is 13.8. The van der Waals surface area contributed by atoms with E-state index in [1.54, 1.807) is 0 Å². The molecule has 0 amide bonds. The first-order valence-electron chi connectivity index (χ1n) is 17.8. The molecule has 4 aromatic heterocycles. The second kappa shape index (κ2) is 10.3. The highest BCUT2D eigenvalue weighted by Gasteiger charge is 2.23. The van der Waals surface area contributed by atoms with Crippen molar-refractivity contribution in [3.63, 3.8) is 0 Å². The number of para-hydroxylation sites is 4. The second-order valence-electron chi connectivity index (χ2n) is 13.8. The lowest BCUT2D eigenvalue weighted by atomic mass is 10.00. The van der Waals surface area contributed by atoms with Crippen LogP contribution in [-0.4, -0.2) is 18.9 Å². The third-order valence-electron chi connectivity index (χ3n) is 11.0. The van der Waals surface area contributed by atoms with E-state index in [2.05, 4.69) is 179 Å². The third-order valence-corrected chi connectivity index (χ3v) is 11.0. The molecule has 8 aromatic carbocycles. The standard InChI is InChI=1S/C48H28N4/c1-2-12-29(13-3-1)31-14-10-15-32(28-31)45-37-17-4-7-21-39(37)49-48(50-45)51-41-23-9-6-18-38(41)44-42(51)27-25-30-24-26-36-35-20-11-19-34-33-16-5-8-22-40(33)52(46(34)35)47(36)43(30)44/h1-28H. The fraction of sp³-hybridized carbons (Fsp3) is 0. The van der Waals surface area contributed by atoms with Crippen molar-refractivity contribution in [3.05, 3.63) is 170 Å². The molecule has 4 heteroatoms. The van der Waals surface area contributed by atoms with Crippen LogP contribution in [0.3, 0.4) is 0 Å². The van der Waals surface area contributed by atoms with E-state index < -0.39 is 0 Å². The average molecular weight is 661 g/mol. The molecule has 0 fully saturated rings. The van der Waals surface area contributed by atoms with Gasteiger partial charge >= 0.3 is 0 Å². The van der Waals surface area contributed by atoms with Gasteiger partial charge in [-0.2, -0.15) is 0 Å². The number of aromatic nitrogens is 4. The molecule has 0 aliphatic rings.